The average Bonchev–Trinajstić information content (AvgIpc) is 3.33. The number of nitro benzene ring substituents is 1. The summed E-state index contributed by atoms with van der Waals surface area (Å²) in [6.07, 6.45) is 1.56. The molecule has 10 heteroatoms. The predicted octanol–water partition coefficient (Wildman–Crippen LogP) is 3.30. The van der Waals surface area contributed by atoms with E-state index < -0.39 is 10.9 Å². The van der Waals surface area contributed by atoms with Crippen LogP contribution in [-0.4, -0.2) is 31.4 Å². The van der Waals surface area contributed by atoms with Gasteiger partial charge in [0, 0.05) is 18.7 Å². The number of carbonyl (C=O) groups is 1. The van der Waals surface area contributed by atoms with Gasteiger partial charge in [-0.2, -0.15) is 0 Å². The van der Waals surface area contributed by atoms with Crippen molar-refractivity contribution in [2.45, 2.75) is 25.2 Å². The molecule has 3 aromatic rings. The van der Waals surface area contributed by atoms with Gasteiger partial charge < -0.3 is 9.15 Å². The number of thioether (sulfide) groups is 1. The Morgan fingerprint density at radius 2 is 2.19 bits per heavy atom. The van der Waals surface area contributed by atoms with E-state index in [0.29, 0.717) is 28.8 Å². The van der Waals surface area contributed by atoms with Crippen LogP contribution in [0.3, 0.4) is 0 Å². The summed E-state index contributed by atoms with van der Waals surface area (Å²) < 4.78 is 12.4. The maximum Gasteiger partial charge on any atom is 0.316 e. The number of aromatic nitrogens is 3. The first-order valence-corrected chi connectivity index (χ1v) is 9.06. The minimum atomic E-state index is -0.491. The smallest absolute Gasteiger partial charge is 0.316 e. The fourth-order valence-electron chi connectivity index (χ4n) is 2.36. The summed E-state index contributed by atoms with van der Waals surface area (Å²) in [4.78, 5) is 22.3. The number of hydrogen-bond donors (Lipinski definition) is 0. The maximum atomic E-state index is 12.0. The molecule has 27 heavy (non-hydrogen) atoms. The molecule has 0 radical (unpaired) electrons. The second-order valence-corrected chi connectivity index (χ2v) is 6.35. The van der Waals surface area contributed by atoms with Gasteiger partial charge in [0.2, 0.25) is 0 Å². The van der Waals surface area contributed by atoms with E-state index in [1.807, 2.05) is 11.5 Å². The van der Waals surface area contributed by atoms with Crippen molar-refractivity contribution in [3.05, 3.63) is 58.3 Å². The number of ether oxygens (including phenoxy) is 1. The van der Waals surface area contributed by atoms with Crippen LogP contribution in [0.5, 0.6) is 0 Å². The Bertz CT molecular complexity index is 939. The number of nitro groups is 1. The van der Waals surface area contributed by atoms with E-state index in [1.54, 1.807) is 30.5 Å². The van der Waals surface area contributed by atoms with Gasteiger partial charge in [-0.25, -0.2) is 0 Å². The minimum absolute atomic E-state index is 0.0286. The molecule has 0 spiro atoms. The quantitative estimate of drug-likeness (QED) is 0.250. The molecule has 0 saturated heterocycles. The van der Waals surface area contributed by atoms with Gasteiger partial charge >= 0.3 is 5.97 Å². The number of esters is 1. The van der Waals surface area contributed by atoms with Crippen LogP contribution in [0.2, 0.25) is 0 Å². The summed E-state index contributed by atoms with van der Waals surface area (Å²) in [5.74, 6) is 0.793. The van der Waals surface area contributed by atoms with Crippen molar-refractivity contribution in [2.24, 2.45) is 0 Å². The molecule has 0 aliphatic carbocycles. The molecule has 0 saturated carbocycles. The van der Waals surface area contributed by atoms with Crippen molar-refractivity contribution in [3.8, 4) is 11.6 Å². The van der Waals surface area contributed by atoms with Gasteiger partial charge in [-0.05, 0) is 24.6 Å². The topological polar surface area (TPSA) is 113 Å². The van der Waals surface area contributed by atoms with E-state index in [9.17, 15) is 14.9 Å². The highest BCUT2D eigenvalue weighted by atomic mass is 32.2. The molecule has 0 bridgehead atoms. The van der Waals surface area contributed by atoms with Crippen LogP contribution >= 0.6 is 11.8 Å². The number of non-ortho nitro benzene ring substituents is 1. The zero-order valence-electron chi connectivity index (χ0n) is 14.4. The summed E-state index contributed by atoms with van der Waals surface area (Å²) in [6, 6.07) is 9.53. The molecule has 0 N–H and O–H groups in total. The lowest BCUT2D eigenvalue weighted by molar-refractivity contribution is -0.384. The van der Waals surface area contributed by atoms with Crippen molar-refractivity contribution in [3.63, 3.8) is 0 Å². The Balaban J connectivity index is 1.57. The molecule has 9 nitrogen and oxygen atoms in total. The SMILES string of the molecule is CCn1c(SCC(=O)OCc2cccc([N+](=O)[O-])c2)nnc1-c1ccco1. The molecule has 0 atom stereocenters. The lowest BCUT2D eigenvalue weighted by Crippen LogP contribution is -2.08. The number of hydrogen-bond acceptors (Lipinski definition) is 8. The number of furan rings is 1. The number of rotatable bonds is 8. The van der Waals surface area contributed by atoms with Gasteiger partial charge in [0.15, 0.2) is 16.7 Å². The maximum absolute atomic E-state index is 12.0. The number of nitrogens with zero attached hydrogens (tertiary/aromatic N) is 4. The predicted molar refractivity (Wildman–Crippen MR) is 97.0 cm³/mol. The molecule has 3 rings (SSSR count). The van der Waals surface area contributed by atoms with Crippen LogP contribution in [0, 0.1) is 10.1 Å². The van der Waals surface area contributed by atoms with Crippen LogP contribution in [0.15, 0.2) is 52.2 Å². The summed E-state index contributed by atoms with van der Waals surface area (Å²) in [7, 11) is 0. The zero-order valence-corrected chi connectivity index (χ0v) is 15.2. The Kier molecular flexibility index (Phi) is 5.87. The van der Waals surface area contributed by atoms with E-state index >= 15 is 0 Å². The first-order valence-electron chi connectivity index (χ1n) is 8.07. The molecule has 0 amide bonds. The largest absolute Gasteiger partial charge is 0.461 e. The van der Waals surface area contributed by atoms with Crippen LogP contribution < -0.4 is 0 Å². The highest BCUT2D eigenvalue weighted by Crippen LogP contribution is 2.24. The van der Waals surface area contributed by atoms with Crippen molar-refractivity contribution < 1.29 is 18.9 Å². The summed E-state index contributed by atoms with van der Waals surface area (Å²) in [5, 5.41) is 19.6. The van der Waals surface area contributed by atoms with Crippen LogP contribution in [0.1, 0.15) is 12.5 Å². The summed E-state index contributed by atoms with van der Waals surface area (Å²) in [5.41, 5.74) is 0.513. The normalized spacial score (nSPS) is 10.7. The fraction of sp³-hybridized carbons (Fsp3) is 0.235. The third-order valence-electron chi connectivity index (χ3n) is 3.61. The second-order valence-electron chi connectivity index (χ2n) is 5.40. The van der Waals surface area contributed by atoms with Crippen LogP contribution in [0.4, 0.5) is 5.69 Å². The molecule has 0 aliphatic rings. The van der Waals surface area contributed by atoms with E-state index in [-0.39, 0.29) is 18.0 Å². The van der Waals surface area contributed by atoms with Crippen LogP contribution in [-0.2, 0) is 22.7 Å². The second kappa shape index (κ2) is 8.49. The average molecular weight is 388 g/mol. The van der Waals surface area contributed by atoms with Crippen molar-refractivity contribution in [1.82, 2.24) is 14.8 Å². The monoisotopic (exact) mass is 388 g/mol. The first-order chi connectivity index (χ1) is 13.1. The standard InChI is InChI=1S/C17H16N4O5S/c1-2-20-16(14-7-4-8-25-14)18-19-17(20)27-11-15(22)26-10-12-5-3-6-13(9-12)21(23)24/h3-9H,2,10-11H2,1H3. The molecule has 2 aromatic heterocycles. The van der Waals surface area contributed by atoms with E-state index in [4.69, 9.17) is 9.15 Å². The Hall–Kier alpha value is -3.14. The summed E-state index contributed by atoms with van der Waals surface area (Å²) in [6.45, 7) is 2.54. The lowest BCUT2D eigenvalue weighted by atomic mass is 10.2. The lowest BCUT2D eigenvalue weighted by Gasteiger charge is -2.06. The van der Waals surface area contributed by atoms with E-state index in [0.717, 1.165) is 0 Å². The fourth-order valence-corrected chi connectivity index (χ4v) is 3.16. The van der Waals surface area contributed by atoms with Crippen molar-refractivity contribution in [2.75, 3.05) is 5.75 Å². The van der Waals surface area contributed by atoms with Crippen LogP contribution in [0.25, 0.3) is 11.6 Å². The summed E-state index contributed by atoms with van der Waals surface area (Å²) >= 11 is 1.21. The zero-order chi connectivity index (χ0) is 19.2. The molecular formula is C17H16N4O5S. The highest BCUT2D eigenvalue weighted by Gasteiger charge is 2.16. The molecule has 0 aliphatic heterocycles. The van der Waals surface area contributed by atoms with E-state index in [2.05, 4.69) is 10.2 Å². The Labute approximate surface area is 158 Å². The Morgan fingerprint density at radius 3 is 2.89 bits per heavy atom. The molecule has 2 heterocycles. The first kappa shape index (κ1) is 18.6. The van der Waals surface area contributed by atoms with Gasteiger partial charge in [-0.15, -0.1) is 10.2 Å². The Morgan fingerprint density at radius 1 is 1.33 bits per heavy atom. The molecule has 0 unspecified atom stereocenters. The molecular weight excluding hydrogens is 372 g/mol. The minimum Gasteiger partial charge on any atom is -0.461 e. The third kappa shape index (κ3) is 4.53. The highest BCUT2D eigenvalue weighted by molar-refractivity contribution is 7.99. The number of carbonyl (C=O) groups excluding carboxylic acids is 1. The van der Waals surface area contributed by atoms with Gasteiger partial charge in [-0.3, -0.25) is 19.5 Å². The molecule has 0 fully saturated rings. The van der Waals surface area contributed by atoms with Crippen molar-refractivity contribution >= 4 is 23.4 Å². The van der Waals surface area contributed by atoms with Gasteiger partial charge in [-0.1, -0.05) is 23.9 Å². The molecule has 1 aromatic carbocycles. The van der Waals surface area contributed by atoms with Gasteiger partial charge in [0.25, 0.3) is 5.69 Å². The third-order valence-corrected chi connectivity index (χ3v) is 4.56. The van der Waals surface area contributed by atoms with Gasteiger partial charge in [0.05, 0.1) is 16.9 Å². The molecule has 140 valence electrons. The van der Waals surface area contributed by atoms with E-state index in [1.165, 1.54) is 23.9 Å². The van der Waals surface area contributed by atoms with Crippen molar-refractivity contribution in [1.29, 1.82) is 0 Å². The van der Waals surface area contributed by atoms with Gasteiger partial charge in [0.1, 0.15) is 6.61 Å². The number of benzene rings is 1.